The number of nitrogens with one attached hydrogen (secondary N) is 2. The van der Waals surface area contributed by atoms with Gasteiger partial charge in [-0.1, -0.05) is 0 Å². The highest BCUT2D eigenvalue weighted by molar-refractivity contribution is 7.92. The standard InChI is InChI=1S/C9H14N2O2S2/c12-15(13,7-8-3-4-10-6-8)11-9-2-1-5-14-9/h1-2,5,8,10-11H,3-4,6-7H2. The van der Waals surface area contributed by atoms with Crippen LogP contribution in [0.5, 0.6) is 0 Å². The molecule has 2 N–H and O–H groups in total. The third kappa shape index (κ3) is 3.19. The first kappa shape index (κ1) is 10.9. The van der Waals surface area contributed by atoms with Gasteiger partial charge < -0.3 is 5.32 Å². The fourth-order valence-corrected chi connectivity index (χ4v) is 4.10. The topological polar surface area (TPSA) is 58.2 Å². The van der Waals surface area contributed by atoms with Crippen LogP contribution in [0.3, 0.4) is 0 Å². The number of hydrogen-bond acceptors (Lipinski definition) is 4. The third-order valence-electron chi connectivity index (χ3n) is 2.39. The summed E-state index contributed by atoms with van der Waals surface area (Å²) in [6, 6.07) is 3.61. The minimum absolute atomic E-state index is 0.220. The molecule has 0 aromatic carbocycles. The van der Waals surface area contributed by atoms with Gasteiger partial charge in [0, 0.05) is 0 Å². The van der Waals surface area contributed by atoms with Crippen LogP contribution in [0, 0.1) is 5.92 Å². The molecule has 2 rings (SSSR count). The maximum Gasteiger partial charge on any atom is 0.233 e. The predicted molar refractivity (Wildman–Crippen MR) is 62.7 cm³/mol. The van der Waals surface area contributed by atoms with Crippen molar-refractivity contribution in [1.29, 1.82) is 0 Å². The van der Waals surface area contributed by atoms with Gasteiger partial charge >= 0.3 is 0 Å². The highest BCUT2D eigenvalue weighted by Crippen LogP contribution is 2.18. The molecule has 1 fully saturated rings. The fourth-order valence-electron chi connectivity index (χ4n) is 1.70. The molecular formula is C9H14N2O2S2. The van der Waals surface area contributed by atoms with Crippen molar-refractivity contribution < 1.29 is 8.42 Å². The molecule has 0 bridgehead atoms. The molecule has 0 aliphatic carbocycles. The lowest BCUT2D eigenvalue weighted by atomic mass is 10.2. The molecule has 0 radical (unpaired) electrons. The molecule has 84 valence electrons. The van der Waals surface area contributed by atoms with Gasteiger partial charge in [0.1, 0.15) is 5.00 Å². The van der Waals surface area contributed by atoms with E-state index < -0.39 is 10.0 Å². The first-order chi connectivity index (χ1) is 7.16. The molecule has 1 aliphatic heterocycles. The Balaban J connectivity index is 1.94. The lowest BCUT2D eigenvalue weighted by molar-refractivity contribution is 0.575. The van der Waals surface area contributed by atoms with Crippen LogP contribution in [0.15, 0.2) is 17.5 Å². The first-order valence-electron chi connectivity index (χ1n) is 4.90. The summed E-state index contributed by atoms with van der Waals surface area (Å²) >= 11 is 1.40. The van der Waals surface area contributed by atoms with Crippen LogP contribution in [0.1, 0.15) is 6.42 Å². The molecule has 0 spiro atoms. The molecule has 2 heterocycles. The van der Waals surface area contributed by atoms with Gasteiger partial charge in [-0.15, -0.1) is 11.3 Å². The van der Waals surface area contributed by atoms with Crippen molar-refractivity contribution in [3.8, 4) is 0 Å². The summed E-state index contributed by atoms with van der Waals surface area (Å²) in [7, 11) is -3.17. The van der Waals surface area contributed by atoms with E-state index in [4.69, 9.17) is 0 Å². The zero-order valence-electron chi connectivity index (χ0n) is 8.27. The second-order valence-corrected chi connectivity index (χ2v) is 6.43. The maximum absolute atomic E-state index is 11.7. The zero-order valence-corrected chi connectivity index (χ0v) is 9.90. The number of rotatable bonds is 4. The molecule has 15 heavy (non-hydrogen) atoms. The van der Waals surface area contributed by atoms with Crippen molar-refractivity contribution in [3.05, 3.63) is 17.5 Å². The normalized spacial score (nSPS) is 21.7. The van der Waals surface area contributed by atoms with Crippen LogP contribution in [-0.2, 0) is 10.0 Å². The monoisotopic (exact) mass is 246 g/mol. The minimum Gasteiger partial charge on any atom is -0.316 e. The van der Waals surface area contributed by atoms with E-state index in [-0.39, 0.29) is 11.7 Å². The van der Waals surface area contributed by atoms with Gasteiger partial charge in [-0.3, -0.25) is 4.72 Å². The lowest BCUT2D eigenvalue weighted by Crippen LogP contribution is -2.23. The summed E-state index contributed by atoms with van der Waals surface area (Å²) in [6.45, 7) is 1.74. The van der Waals surface area contributed by atoms with Gasteiger partial charge in [0.15, 0.2) is 0 Å². The van der Waals surface area contributed by atoms with Crippen molar-refractivity contribution in [1.82, 2.24) is 5.32 Å². The van der Waals surface area contributed by atoms with E-state index in [0.717, 1.165) is 19.5 Å². The highest BCUT2D eigenvalue weighted by atomic mass is 32.2. The van der Waals surface area contributed by atoms with E-state index in [0.29, 0.717) is 5.00 Å². The smallest absolute Gasteiger partial charge is 0.233 e. The zero-order chi connectivity index (χ0) is 10.7. The summed E-state index contributed by atoms with van der Waals surface area (Å²) in [5, 5.41) is 5.72. The maximum atomic E-state index is 11.7. The van der Waals surface area contributed by atoms with Gasteiger partial charge in [0.05, 0.1) is 5.75 Å². The van der Waals surface area contributed by atoms with E-state index in [9.17, 15) is 8.42 Å². The largest absolute Gasteiger partial charge is 0.316 e. The Kier molecular flexibility index (Phi) is 3.28. The molecule has 1 aromatic heterocycles. The van der Waals surface area contributed by atoms with E-state index in [1.165, 1.54) is 11.3 Å². The number of anilines is 1. The molecule has 1 atom stereocenters. The van der Waals surface area contributed by atoms with Crippen molar-refractivity contribution in [3.63, 3.8) is 0 Å². The Bertz CT molecular complexity index is 394. The molecule has 0 amide bonds. The van der Waals surface area contributed by atoms with Crippen LogP contribution < -0.4 is 10.0 Å². The Hall–Kier alpha value is -0.590. The van der Waals surface area contributed by atoms with Gasteiger partial charge in [0.2, 0.25) is 10.0 Å². The van der Waals surface area contributed by atoms with E-state index in [1.807, 2.05) is 11.4 Å². The summed E-state index contributed by atoms with van der Waals surface area (Å²) in [5.41, 5.74) is 0. The molecule has 1 aliphatic rings. The molecule has 1 unspecified atom stereocenters. The second-order valence-electron chi connectivity index (χ2n) is 3.72. The van der Waals surface area contributed by atoms with Crippen molar-refractivity contribution in [2.24, 2.45) is 5.92 Å². The first-order valence-corrected chi connectivity index (χ1v) is 7.44. The highest BCUT2D eigenvalue weighted by Gasteiger charge is 2.22. The van der Waals surface area contributed by atoms with Gasteiger partial charge in [-0.2, -0.15) is 0 Å². The Morgan fingerprint density at radius 3 is 3.07 bits per heavy atom. The van der Waals surface area contributed by atoms with Crippen LogP contribution in [-0.4, -0.2) is 27.3 Å². The molecule has 4 nitrogen and oxygen atoms in total. The molecule has 1 aromatic rings. The average Bonchev–Trinajstić information content (AvgIpc) is 2.75. The predicted octanol–water partition coefficient (Wildman–Crippen LogP) is 1.10. The number of sulfonamides is 1. The van der Waals surface area contributed by atoms with E-state index in [2.05, 4.69) is 10.0 Å². The summed E-state index contributed by atoms with van der Waals surface area (Å²) in [6.07, 6.45) is 0.950. The number of hydrogen-bond donors (Lipinski definition) is 2. The van der Waals surface area contributed by atoms with E-state index in [1.54, 1.807) is 6.07 Å². The van der Waals surface area contributed by atoms with Gasteiger partial charge in [-0.05, 0) is 42.9 Å². The Labute approximate surface area is 93.8 Å². The van der Waals surface area contributed by atoms with Crippen LogP contribution in [0.4, 0.5) is 5.00 Å². The van der Waals surface area contributed by atoms with Crippen LogP contribution >= 0.6 is 11.3 Å². The molecular weight excluding hydrogens is 232 g/mol. The quantitative estimate of drug-likeness (QED) is 0.836. The van der Waals surface area contributed by atoms with Crippen molar-refractivity contribution in [2.45, 2.75) is 6.42 Å². The summed E-state index contributed by atoms with van der Waals surface area (Å²) < 4.78 is 26.0. The summed E-state index contributed by atoms with van der Waals surface area (Å²) in [4.78, 5) is 0. The Morgan fingerprint density at radius 2 is 2.47 bits per heavy atom. The second kappa shape index (κ2) is 4.51. The van der Waals surface area contributed by atoms with Crippen LogP contribution in [0.25, 0.3) is 0 Å². The van der Waals surface area contributed by atoms with Crippen molar-refractivity contribution >= 4 is 26.4 Å². The van der Waals surface area contributed by atoms with Crippen molar-refractivity contribution in [2.75, 3.05) is 23.6 Å². The third-order valence-corrected chi connectivity index (χ3v) is 4.75. The Morgan fingerprint density at radius 1 is 1.60 bits per heavy atom. The molecule has 6 heteroatoms. The van der Waals surface area contributed by atoms with Gasteiger partial charge in [0.25, 0.3) is 0 Å². The average molecular weight is 246 g/mol. The SMILES string of the molecule is O=S(=O)(CC1CCNC1)Nc1cccs1. The molecule has 0 saturated carbocycles. The summed E-state index contributed by atoms with van der Waals surface area (Å²) in [5.74, 6) is 0.472. The molecule has 1 saturated heterocycles. The van der Waals surface area contributed by atoms with E-state index >= 15 is 0 Å². The van der Waals surface area contributed by atoms with Gasteiger partial charge in [-0.25, -0.2) is 8.42 Å². The minimum atomic E-state index is -3.17. The number of thiophene rings is 1. The lowest BCUT2D eigenvalue weighted by Gasteiger charge is -2.09. The van der Waals surface area contributed by atoms with Crippen LogP contribution in [0.2, 0.25) is 0 Å². The fraction of sp³-hybridized carbons (Fsp3) is 0.556.